The fraction of sp³-hybridized carbons (Fsp3) is 0.375. The van der Waals surface area contributed by atoms with Crippen molar-refractivity contribution >= 4 is 21.7 Å². The number of sulfonamides is 1. The zero-order valence-electron chi connectivity index (χ0n) is 14.8. The first-order chi connectivity index (χ1) is 11.6. The number of rotatable bonds is 6. The topological polar surface area (TPSA) is 102 Å². The van der Waals surface area contributed by atoms with Gasteiger partial charge >= 0.3 is 0 Å². The highest BCUT2D eigenvalue weighted by Gasteiger charge is 2.21. The van der Waals surface area contributed by atoms with Crippen LogP contribution in [0.1, 0.15) is 20.8 Å². The van der Waals surface area contributed by atoms with Crippen LogP contribution in [0.5, 0.6) is 11.5 Å². The Hall–Kier alpha value is -2.55. The number of ether oxygens (including phenoxy) is 2. The number of aromatic nitrogens is 2. The van der Waals surface area contributed by atoms with Crippen LogP contribution in [0, 0.1) is 0 Å². The van der Waals surface area contributed by atoms with Crippen LogP contribution in [0.4, 0.5) is 11.6 Å². The highest BCUT2D eigenvalue weighted by molar-refractivity contribution is 7.92. The van der Waals surface area contributed by atoms with Crippen LogP contribution < -0.4 is 19.5 Å². The highest BCUT2D eigenvalue weighted by Crippen LogP contribution is 2.29. The number of nitrogens with one attached hydrogen (secondary N) is 2. The molecule has 0 atom stereocenters. The van der Waals surface area contributed by atoms with Crippen LogP contribution in [-0.2, 0) is 10.0 Å². The van der Waals surface area contributed by atoms with Gasteiger partial charge in [-0.2, -0.15) is 0 Å². The zero-order valence-corrected chi connectivity index (χ0v) is 15.6. The van der Waals surface area contributed by atoms with Crippen molar-refractivity contribution in [2.24, 2.45) is 0 Å². The molecule has 9 heteroatoms. The van der Waals surface area contributed by atoms with Gasteiger partial charge in [0.05, 0.1) is 14.2 Å². The molecule has 2 N–H and O–H groups in total. The number of hydrogen-bond acceptors (Lipinski definition) is 7. The molecule has 0 aliphatic heterocycles. The fourth-order valence-electron chi connectivity index (χ4n) is 2.02. The Morgan fingerprint density at radius 2 is 1.60 bits per heavy atom. The van der Waals surface area contributed by atoms with E-state index in [4.69, 9.17) is 9.47 Å². The molecule has 25 heavy (non-hydrogen) atoms. The second-order valence-electron chi connectivity index (χ2n) is 6.30. The summed E-state index contributed by atoms with van der Waals surface area (Å²) in [5.41, 5.74) is -0.177. The van der Waals surface area contributed by atoms with Crippen LogP contribution in [0.25, 0.3) is 0 Å². The largest absolute Gasteiger partial charge is 0.497 e. The maximum Gasteiger partial charge on any atom is 0.266 e. The summed E-state index contributed by atoms with van der Waals surface area (Å²) in [6.07, 6.45) is 0. The number of benzene rings is 1. The second kappa shape index (κ2) is 7.14. The van der Waals surface area contributed by atoms with Crippen molar-refractivity contribution in [3.05, 3.63) is 30.3 Å². The average Bonchev–Trinajstić information content (AvgIpc) is 2.54. The maximum absolute atomic E-state index is 12.6. The molecule has 0 fully saturated rings. The predicted octanol–water partition coefficient (Wildman–Crippen LogP) is 2.51. The lowest BCUT2D eigenvalue weighted by molar-refractivity contribution is 0.392. The molecule has 0 radical (unpaired) electrons. The molecule has 0 amide bonds. The van der Waals surface area contributed by atoms with Gasteiger partial charge in [-0.15, -0.1) is 10.2 Å². The molecule has 0 bridgehead atoms. The van der Waals surface area contributed by atoms with E-state index in [-0.39, 0.29) is 22.0 Å². The molecule has 136 valence electrons. The first kappa shape index (κ1) is 18.8. The van der Waals surface area contributed by atoms with E-state index in [1.165, 1.54) is 32.4 Å². The van der Waals surface area contributed by atoms with E-state index >= 15 is 0 Å². The SMILES string of the molecule is COc1ccc(OC)c(S(=O)(=O)Nc2ccc(NC(C)(C)C)nn2)c1. The van der Waals surface area contributed by atoms with Crippen molar-refractivity contribution in [2.45, 2.75) is 31.2 Å². The summed E-state index contributed by atoms with van der Waals surface area (Å²) >= 11 is 0. The lowest BCUT2D eigenvalue weighted by Crippen LogP contribution is -2.26. The summed E-state index contributed by atoms with van der Waals surface area (Å²) in [6.45, 7) is 5.96. The Bertz CT molecular complexity index is 830. The van der Waals surface area contributed by atoms with Crippen LogP contribution in [0.2, 0.25) is 0 Å². The minimum Gasteiger partial charge on any atom is -0.497 e. The van der Waals surface area contributed by atoms with Gasteiger partial charge in [0.15, 0.2) is 5.82 Å². The minimum absolute atomic E-state index is 0.0481. The van der Waals surface area contributed by atoms with E-state index in [1.54, 1.807) is 12.1 Å². The summed E-state index contributed by atoms with van der Waals surface area (Å²) in [4.78, 5) is -0.0481. The van der Waals surface area contributed by atoms with Gasteiger partial charge in [-0.3, -0.25) is 4.72 Å². The highest BCUT2D eigenvalue weighted by atomic mass is 32.2. The third-order valence-electron chi connectivity index (χ3n) is 3.07. The van der Waals surface area contributed by atoms with Crippen molar-refractivity contribution in [2.75, 3.05) is 24.3 Å². The molecule has 1 heterocycles. The van der Waals surface area contributed by atoms with Gasteiger partial charge in [0, 0.05) is 11.6 Å². The third-order valence-corrected chi connectivity index (χ3v) is 4.44. The number of hydrogen-bond donors (Lipinski definition) is 2. The molecule has 0 aliphatic rings. The van der Waals surface area contributed by atoms with E-state index in [1.807, 2.05) is 20.8 Å². The Balaban J connectivity index is 2.27. The van der Waals surface area contributed by atoms with Crippen LogP contribution in [0.3, 0.4) is 0 Å². The van der Waals surface area contributed by atoms with Crippen LogP contribution >= 0.6 is 0 Å². The normalized spacial score (nSPS) is 11.7. The Morgan fingerprint density at radius 3 is 2.12 bits per heavy atom. The first-order valence-corrected chi connectivity index (χ1v) is 9.00. The lowest BCUT2D eigenvalue weighted by Gasteiger charge is -2.20. The molecule has 1 aromatic carbocycles. The van der Waals surface area contributed by atoms with E-state index in [2.05, 4.69) is 20.2 Å². The molecular formula is C16H22N4O4S. The lowest BCUT2D eigenvalue weighted by atomic mass is 10.1. The summed E-state index contributed by atoms with van der Waals surface area (Å²) in [6, 6.07) is 7.70. The van der Waals surface area contributed by atoms with E-state index in [0.29, 0.717) is 11.6 Å². The zero-order chi connectivity index (χ0) is 18.7. The van der Waals surface area contributed by atoms with Gasteiger partial charge < -0.3 is 14.8 Å². The van der Waals surface area contributed by atoms with Gasteiger partial charge in [0.2, 0.25) is 0 Å². The van der Waals surface area contributed by atoms with Crippen molar-refractivity contribution in [3.63, 3.8) is 0 Å². The number of nitrogens with zero attached hydrogens (tertiary/aromatic N) is 2. The smallest absolute Gasteiger partial charge is 0.266 e. The second-order valence-corrected chi connectivity index (χ2v) is 7.95. The standard InChI is InChI=1S/C16H22N4O4S/c1-16(2,3)17-14-8-9-15(19-18-14)20-25(21,22)13-10-11(23-4)6-7-12(13)24-5/h6-10H,1-5H3,(H,17,18)(H,19,20). The van der Waals surface area contributed by atoms with Crippen molar-refractivity contribution in [1.29, 1.82) is 0 Å². The van der Waals surface area contributed by atoms with Crippen LogP contribution in [-0.4, -0.2) is 38.4 Å². The monoisotopic (exact) mass is 366 g/mol. The summed E-state index contributed by atoms with van der Waals surface area (Å²) in [5, 5.41) is 11.0. The third kappa shape index (κ3) is 4.96. The first-order valence-electron chi connectivity index (χ1n) is 7.51. The molecule has 2 aromatic rings. The molecule has 0 aliphatic carbocycles. The van der Waals surface area contributed by atoms with E-state index < -0.39 is 10.0 Å². The molecule has 0 spiro atoms. The quantitative estimate of drug-likeness (QED) is 0.810. The molecule has 0 unspecified atom stereocenters. The van der Waals surface area contributed by atoms with Gasteiger partial charge in [-0.05, 0) is 45.0 Å². The maximum atomic E-state index is 12.6. The van der Waals surface area contributed by atoms with E-state index in [0.717, 1.165) is 0 Å². The molecular weight excluding hydrogens is 344 g/mol. The number of anilines is 2. The van der Waals surface area contributed by atoms with Gasteiger partial charge in [-0.25, -0.2) is 8.42 Å². The molecule has 0 saturated carbocycles. The average molecular weight is 366 g/mol. The summed E-state index contributed by atoms with van der Waals surface area (Å²) in [7, 11) is -1.06. The minimum atomic E-state index is -3.91. The number of methoxy groups -OCH3 is 2. The molecule has 1 aromatic heterocycles. The molecule has 2 rings (SSSR count). The molecule has 8 nitrogen and oxygen atoms in total. The van der Waals surface area contributed by atoms with Crippen molar-refractivity contribution in [3.8, 4) is 11.5 Å². The van der Waals surface area contributed by atoms with Gasteiger partial charge in [0.1, 0.15) is 22.2 Å². The van der Waals surface area contributed by atoms with Gasteiger partial charge in [0.25, 0.3) is 10.0 Å². The van der Waals surface area contributed by atoms with E-state index in [9.17, 15) is 8.42 Å². The van der Waals surface area contributed by atoms with Crippen molar-refractivity contribution in [1.82, 2.24) is 10.2 Å². The Morgan fingerprint density at radius 1 is 0.960 bits per heavy atom. The van der Waals surface area contributed by atoms with Crippen molar-refractivity contribution < 1.29 is 17.9 Å². The molecule has 0 saturated heterocycles. The van der Waals surface area contributed by atoms with Gasteiger partial charge in [-0.1, -0.05) is 0 Å². The predicted molar refractivity (Wildman–Crippen MR) is 95.8 cm³/mol. The fourth-order valence-corrected chi connectivity index (χ4v) is 3.21. The Labute approximate surface area is 147 Å². The van der Waals surface area contributed by atoms with Crippen LogP contribution in [0.15, 0.2) is 35.2 Å². The Kier molecular flexibility index (Phi) is 5.36. The summed E-state index contributed by atoms with van der Waals surface area (Å²) in [5.74, 6) is 1.25. The summed E-state index contributed by atoms with van der Waals surface area (Å²) < 4.78 is 37.9.